The van der Waals surface area contributed by atoms with E-state index in [4.69, 9.17) is 0 Å². The maximum atomic E-state index is 14.8. The first-order chi connectivity index (χ1) is 11.2. The Bertz CT molecular complexity index is 1020. The van der Waals surface area contributed by atoms with Gasteiger partial charge >= 0.3 is 5.97 Å². The molecule has 0 aliphatic heterocycles. The van der Waals surface area contributed by atoms with Crippen molar-refractivity contribution in [3.63, 3.8) is 0 Å². The van der Waals surface area contributed by atoms with Crippen molar-refractivity contribution in [3.05, 3.63) is 53.8 Å². The van der Waals surface area contributed by atoms with Crippen molar-refractivity contribution < 1.29 is 13.9 Å². The molecule has 2 aromatic heterocycles. The van der Waals surface area contributed by atoms with Gasteiger partial charge in [0.1, 0.15) is 11.5 Å². The number of hydrogen-bond acceptors (Lipinski definition) is 4. The molecule has 4 nitrogen and oxygen atoms in total. The molecule has 0 aliphatic carbocycles. The maximum Gasteiger partial charge on any atom is 0.340 e. The molecule has 0 aliphatic rings. The largest absolute Gasteiger partial charge is 0.465 e. The monoisotopic (exact) mass is 326 g/mol. The van der Waals surface area contributed by atoms with Crippen LogP contribution in [0, 0.1) is 5.82 Å². The first kappa shape index (κ1) is 13.9. The van der Waals surface area contributed by atoms with E-state index < -0.39 is 11.8 Å². The van der Waals surface area contributed by atoms with Gasteiger partial charge in [0.15, 0.2) is 0 Å². The predicted octanol–water partition coefficient (Wildman–Crippen LogP) is 4.37. The molecule has 0 radical (unpaired) electrons. The van der Waals surface area contributed by atoms with Crippen LogP contribution in [-0.2, 0) is 4.74 Å². The molecule has 1 N–H and O–H groups in total. The number of aromatic nitrogens is 2. The molecule has 114 valence electrons. The molecule has 0 unspecified atom stereocenters. The highest BCUT2D eigenvalue weighted by Gasteiger charge is 2.21. The lowest BCUT2D eigenvalue weighted by atomic mass is 10.1. The van der Waals surface area contributed by atoms with Gasteiger partial charge in [0, 0.05) is 4.70 Å². The summed E-state index contributed by atoms with van der Waals surface area (Å²) in [5.74, 6) is -1.32. The first-order valence-corrected chi connectivity index (χ1v) is 7.74. The van der Waals surface area contributed by atoms with E-state index in [-0.39, 0.29) is 5.56 Å². The van der Waals surface area contributed by atoms with Crippen molar-refractivity contribution in [1.29, 1.82) is 0 Å². The average Bonchev–Trinajstić information content (AvgIpc) is 3.18. The number of H-pyrrole nitrogens is 1. The lowest BCUT2D eigenvalue weighted by molar-refractivity contribution is 0.0596. The van der Waals surface area contributed by atoms with Gasteiger partial charge in [-0.1, -0.05) is 18.2 Å². The summed E-state index contributed by atoms with van der Waals surface area (Å²) in [5.41, 5.74) is 0.954. The smallest absolute Gasteiger partial charge is 0.340 e. The van der Waals surface area contributed by atoms with Gasteiger partial charge in [-0.05, 0) is 29.7 Å². The standard InChI is InChI=1S/C17H11FN2O2S/c1-22-17(21)10-6-7-11-14(15(10)18)16(20-19-11)13-8-9-4-2-3-5-12(9)23-13/h2-8H,1H3,(H,19,20). The number of halogens is 1. The molecule has 0 saturated heterocycles. The molecule has 0 fully saturated rings. The van der Waals surface area contributed by atoms with Crippen LogP contribution in [0.3, 0.4) is 0 Å². The van der Waals surface area contributed by atoms with Crippen LogP contribution in [0.2, 0.25) is 0 Å². The van der Waals surface area contributed by atoms with Crippen molar-refractivity contribution in [2.75, 3.05) is 7.11 Å². The Balaban J connectivity index is 1.98. The van der Waals surface area contributed by atoms with Crippen molar-refractivity contribution in [2.45, 2.75) is 0 Å². The van der Waals surface area contributed by atoms with Crippen LogP contribution in [0.1, 0.15) is 10.4 Å². The summed E-state index contributed by atoms with van der Waals surface area (Å²) in [7, 11) is 1.23. The Kier molecular flexibility index (Phi) is 3.12. The Morgan fingerprint density at radius 3 is 2.87 bits per heavy atom. The van der Waals surface area contributed by atoms with Crippen LogP contribution in [0.15, 0.2) is 42.5 Å². The molecule has 4 rings (SSSR count). The third-order valence-electron chi connectivity index (χ3n) is 3.73. The van der Waals surface area contributed by atoms with Crippen LogP contribution in [0.5, 0.6) is 0 Å². The molecule has 2 aromatic carbocycles. The van der Waals surface area contributed by atoms with Gasteiger partial charge in [-0.3, -0.25) is 5.10 Å². The van der Waals surface area contributed by atoms with Crippen molar-refractivity contribution in [2.24, 2.45) is 0 Å². The summed E-state index contributed by atoms with van der Waals surface area (Å²) in [6.07, 6.45) is 0. The molecule has 4 aromatic rings. The summed E-state index contributed by atoms with van der Waals surface area (Å²) >= 11 is 1.53. The zero-order valence-corrected chi connectivity index (χ0v) is 12.9. The number of methoxy groups -OCH3 is 1. The van der Waals surface area contributed by atoms with Crippen LogP contribution in [0.4, 0.5) is 4.39 Å². The number of carbonyl (C=O) groups is 1. The van der Waals surface area contributed by atoms with Crippen molar-refractivity contribution in [3.8, 4) is 10.6 Å². The number of hydrogen-bond donors (Lipinski definition) is 1. The van der Waals surface area contributed by atoms with Crippen molar-refractivity contribution >= 4 is 38.3 Å². The number of fused-ring (bicyclic) bond motifs is 2. The van der Waals surface area contributed by atoms with Crippen LogP contribution < -0.4 is 0 Å². The number of thiophene rings is 1. The Morgan fingerprint density at radius 1 is 1.26 bits per heavy atom. The number of benzene rings is 2. The highest BCUT2D eigenvalue weighted by atomic mass is 32.1. The van der Waals surface area contributed by atoms with E-state index in [1.807, 2.05) is 30.3 Å². The molecule has 0 amide bonds. The second kappa shape index (κ2) is 5.17. The summed E-state index contributed by atoms with van der Waals surface area (Å²) in [6, 6.07) is 12.9. The van der Waals surface area contributed by atoms with Crippen LogP contribution >= 0.6 is 11.3 Å². The molecular weight excluding hydrogens is 315 g/mol. The van der Waals surface area contributed by atoms with E-state index in [1.54, 1.807) is 6.07 Å². The number of rotatable bonds is 2. The fraction of sp³-hybridized carbons (Fsp3) is 0.0588. The Labute approximate surface area is 134 Å². The minimum atomic E-state index is -0.701. The Hall–Kier alpha value is -2.73. The fourth-order valence-electron chi connectivity index (χ4n) is 2.62. The van der Waals surface area contributed by atoms with E-state index in [0.717, 1.165) is 15.0 Å². The third-order valence-corrected chi connectivity index (χ3v) is 4.85. The van der Waals surface area contributed by atoms with Crippen LogP contribution in [0.25, 0.3) is 31.6 Å². The highest BCUT2D eigenvalue weighted by Crippen LogP contribution is 2.37. The fourth-order valence-corrected chi connectivity index (χ4v) is 3.68. The topological polar surface area (TPSA) is 55.0 Å². The molecule has 6 heteroatoms. The normalized spacial score (nSPS) is 11.2. The summed E-state index contributed by atoms with van der Waals surface area (Å²) in [5, 5.41) is 8.44. The van der Waals surface area contributed by atoms with Gasteiger partial charge in [0.2, 0.25) is 0 Å². The number of carbonyl (C=O) groups excluding carboxylic acids is 1. The second-order valence-corrected chi connectivity index (χ2v) is 6.15. The quantitative estimate of drug-likeness (QED) is 0.557. The SMILES string of the molecule is COC(=O)c1ccc2[nH]nc(-c3cc4ccccc4s3)c2c1F. The van der Waals surface area contributed by atoms with Gasteiger partial charge in [-0.25, -0.2) is 9.18 Å². The summed E-state index contributed by atoms with van der Waals surface area (Å²) < 4.78 is 20.5. The van der Waals surface area contributed by atoms with Crippen molar-refractivity contribution in [1.82, 2.24) is 10.2 Å². The molecule has 0 spiro atoms. The number of aromatic amines is 1. The Morgan fingerprint density at radius 2 is 2.09 bits per heavy atom. The van der Waals surface area contributed by atoms with Gasteiger partial charge < -0.3 is 4.74 Å². The molecular formula is C17H11FN2O2S. The van der Waals surface area contributed by atoms with Gasteiger partial charge in [-0.15, -0.1) is 11.3 Å². The number of nitrogens with one attached hydrogen (secondary N) is 1. The number of ether oxygens (including phenoxy) is 1. The minimum absolute atomic E-state index is 0.0937. The van der Waals surface area contributed by atoms with E-state index in [0.29, 0.717) is 16.6 Å². The number of esters is 1. The zero-order valence-electron chi connectivity index (χ0n) is 12.1. The molecule has 2 heterocycles. The van der Waals surface area contributed by atoms with E-state index in [9.17, 15) is 9.18 Å². The molecule has 0 atom stereocenters. The lowest BCUT2D eigenvalue weighted by Crippen LogP contribution is -2.04. The maximum absolute atomic E-state index is 14.8. The zero-order chi connectivity index (χ0) is 16.0. The van der Waals surface area contributed by atoms with Gasteiger partial charge in [0.05, 0.1) is 28.5 Å². The second-order valence-electron chi connectivity index (χ2n) is 5.06. The number of nitrogens with zero attached hydrogens (tertiary/aromatic N) is 1. The molecule has 23 heavy (non-hydrogen) atoms. The van der Waals surface area contributed by atoms with E-state index in [1.165, 1.54) is 24.5 Å². The van der Waals surface area contributed by atoms with Gasteiger partial charge in [0.25, 0.3) is 0 Å². The molecule has 0 bridgehead atoms. The lowest BCUT2D eigenvalue weighted by Gasteiger charge is -2.02. The molecule has 0 saturated carbocycles. The predicted molar refractivity (Wildman–Crippen MR) is 88.2 cm³/mol. The third kappa shape index (κ3) is 2.10. The summed E-state index contributed by atoms with van der Waals surface area (Å²) in [4.78, 5) is 12.5. The van der Waals surface area contributed by atoms with E-state index in [2.05, 4.69) is 14.9 Å². The van der Waals surface area contributed by atoms with E-state index >= 15 is 0 Å². The summed E-state index contributed by atoms with van der Waals surface area (Å²) in [6.45, 7) is 0. The first-order valence-electron chi connectivity index (χ1n) is 6.93. The van der Waals surface area contributed by atoms with Crippen LogP contribution in [-0.4, -0.2) is 23.3 Å². The minimum Gasteiger partial charge on any atom is -0.465 e. The highest BCUT2D eigenvalue weighted by molar-refractivity contribution is 7.22. The van der Waals surface area contributed by atoms with Gasteiger partial charge in [-0.2, -0.15) is 5.10 Å². The average molecular weight is 326 g/mol.